The Bertz CT molecular complexity index is 369. The summed E-state index contributed by atoms with van der Waals surface area (Å²) in [6.07, 6.45) is 2.08. The molecular weight excluding hydrogens is 176 g/mol. The predicted octanol–water partition coefficient (Wildman–Crippen LogP) is 1.96. The fourth-order valence-electron chi connectivity index (χ4n) is 1.02. The second kappa shape index (κ2) is 4.97. The first kappa shape index (κ1) is 10.2. The number of aryl methyl sites for hydroxylation is 1. The molecule has 1 aromatic rings. The highest BCUT2D eigenvalue weighted by Gasteiger charge is 1.95. The lowest BCUT2D eigenvalue weighted by Gasteiger charge is -2.01. The first-order valence-corrected chi connectivity index (χ1v) is 4.25. The summed E-state index contributed by atoms with van der Waals surface area (Å²) in [5.74, 6) is 0.453. The van der Waals surface area contributed by atoms with Crippen LogP contribution in [0.3, 0.4) is 0 Å². The number of carbonyl (C=O) groups is 1. The quantitative estimate of drug-likeness (QED) is 0.439. The fourth-order valence-corrected chi connectivity index (χ4v) is 1.02. The summed E-state index contributed by atoms with van der Waals surface area (Å²) < 4.78 is 0. The first-order valence-electron chi connectivity index (χ1n) is 4.25. The molecule has 0 aliphatic heterocycles. The second-order valence-corrected chi connectivity index (χ2v) is 2.75. The zero-order valence-electron chi connectivity index (χ0n) is 8.03. The summed E-state index contributed by atoms with van der Waals surface area (Å²) in [5, 5.41) is 2.46. The Labute approximate surface area is 83.2 Å². The van der Waals surface area contributed by atoms with Crippen molar-refractivity contribution in [2.24, 2.45) is 4.99 Å². The normalized spacial score (nSPS) is 10.8. The molecule has 0 saturated heterocycles. The third kappa shape index (κ3) is 2.55. The number of carbonyl (C=O) groups excluding carboxylic acids is 1. The first-order chi connectivity index (χ1) is 6.77. The Morgan fingerprint density at radius 1 is 1.50 bits per heavy atom. The van der Waals surface area contributed by atoms with Gasteiger partial charge in [-0.3, -0.25) is 4.79 Å². The maximum absolute atomic E-state index is 10.2. The summed E-state index contributed by atoms with van der Waals surface area (Å²) in [4.78, 5) is 14.4. The zero-order valence-corrected chi connectivity index (χ0v) is 8.03. The van der Waals surface area contributed by atoms with Gasteiger partial charge in [-0.05, 0) is 24.6 Å². The summed E-state index contributed by atoms with van der Waals surface area (Å²) in [6.45, 7) is 5.51. The van der Waals surface area contributed by atoms with E-state index in [-0.39, 0.29) is 0 Å². The molecule has 0 atom stereocenters. The maximum atomic E-state index is 10.2. The molecule has 0 saturated carbocycles. The van der Waals surface area contributed by atoms with Gasteiger partial charge in [-0.2, -0.15) is 0 Å². The molecular formula is C11H12N2O. The minimum atomic E-state index is 0.453. The van der Waals surface area contributed by atoms with Crippen LogP contribution in [0.25, 0.3) is 0 Å². The van der Waals surface area contributed by atoms with Crippen LogP contribution in [-0.2, 0) is 4.79 Å². The lowest BCUT2D eigenvalue weighted by Crippen LogP contribution is -2.18. The van der Waals surface area contributed by atoms with Crippen LogP contribution < -0.4 is 5.32 Å². The molecule has 0 bridgehead atoms. The minimum Gasteiger partial charge on any atom is -0.313 e. The van der Waals surface area contributed by atoms with Gasteiger partial charge in [0.2, 0.25) is 6.41 Å². The molecule has 1 N–H and O–H groups in total. The number of hydrogen-bond acceptors (Lipinski definition) is 2. The highest BCUT2D eigenvalue weighted by molar-refractivity contribution is 6.00. The number of hydrogen-bond donors (Lipinski definition) is 1. The number of para-hydroxylation sites is 1. The van der Waals surface area contributed by atoms with Crippen LogP contribution in [-0.4, -0.2) is 12.2 Å². The molecule has 0 aliphatic rings. The molecule has 72 valence electrons. The molecule has 3 nitrogen and oxygen atoms in total. The van der Waals surface area contributed by atoms with Crippen molar-refractivity contribution >= 4 is 17.9 Å². The van der Waals surface area contributed by atoms with E-state index in [9.17, 15) is 4.79 Å². The van der Waals surface area contributed by atoms with Crippen LogP contribution in [0.15, 0.2) is 41.9 Å². The Hall–Kier alpha value is -1.90. The average molecular weight is 188 g/mol. The molecule has 0 aliphatic carbocycles. The highest BCUT2D eigenvalue weighted by atomic mass is 16.1. The number of amides is 1. The van der Waals surface area contributed by atoms with Crippen molar-refractivity contribution < 1.29 is 4.79 Å². The molecule has 14 heavy (non-hydrogen) atoms. The molecule has 0 aromatic heterocycles. The number of nitrogens with zero attached hydrogens (tertiary/aromatic N) is 1. The summed E-state index contributed by atoms with van der Waals surface area (Å²) in [6, 6.07) is 7.67. The van der Waals surface area contributed by atoms with E-state index in [0.717, 1.165) is 11.3 Å². The van der Waals surface area contributed by atoms with E-state index in [2.05, 4.69) is 16.9 Å². The number of rotatable bonds is 3. The molecule has 0 unspecified atom stereocenters. The Morgan fingerprint density at radius 3 is 2.79 bits per heavy atom. The van der Waals surface area contributed by atoms with E-state index in [0.29, 0.717) is 12.2 Å². The minimum absolute atomic E-state index is 0.453. The summed E-state index contributed by atoms with van der Waals surface area (Å²) in [5.41, 5.74) is 1.89. The van der Waals surface area contributed by atoms with Gasteiger partial charge < -0.3 is 5.32 Å². The van der Waals surface area contributed by atoms with Crippen molar-refractivity contribution in [3.05, 3.63) is 42.5 Å². The Kier molecular flexibility index (Phi) is 3.61. The van der Waals surface area contributed by atoms with Gasteiger partial charge in [0.15, 0.2) is 0 Å². The summed E-state index contributed by atoms with van der Waals surface area (Å²) in [7, 11) is 0. The monoisotopic (exact) mass is 188 g/mol. The van der Waals surface area contributed by atoms with E-state index in [1.165, 1.54) is 6.08 Å². The van der Waals surface area contributed by atoms with Gasteiger partial charge in [0.05, 0.1) is 5.69 Å². The van der Waals surface area contributed by atoms with Crippen LogP contribution in [0.2, 0.25) is 0 Å². The Balaban J connectivity index is 2.99. The van der Waals surface area contributed by atoms with Crippen LogP contribution in [0.1, 0.15) is 5.56 Å². The van der Waals surface area contributed by atoms with E-state index < -0.39 is 0 Å². The van der Waals surface area contributed by atoms with Crippen LogP contribution in [0, 0.1) is 6.92 Å². The summed E-state index contributed by atoms with van der Waals surface area (Å²) >= 11 is 0. The van der Waals surface area contributed by atoms with Crippen molar-refractivity contribution in [3.8, 4) is 0 Å². The lowest BCUT2D eigenvalue weighted by molar-refractivity contribution is -0.108. The number of benzene rings is 1. The Morgan fingerprint density at radius 2 is 2.21 bits per heavy atom. The van der Waals surface area contributed by atoms with Crippen molar-refractivity contribution in [3.63, 3.8) is 0 Å². The number of amidine groups is 1. The molecule has 1 rings (SSSR count). The van der Waals surface area contributed by atoms with Crippen LogP contribution in [0.5, 0.6) is 0 Å². The highest BCUT2D eigenvalue weighted by Crippen LogP contribution is 2.16. The van der Waals surface area contributed by atoms with E-state index in [4.69, 9.17) is 0 Å². The van der Waals surface area contributed by atoms with E-state index in [1.807, 2.05) is 31.2 Å². The van der Waals surface area contributed by atoms with Crippen LogP contribution >= 0.6 is 0 Å². The molecule has 0 spiro atoms. The lowest BCUT2D eigenvalue weighted by atomic mass is 10.2. The molecule has 0 heterocycles. The SMILES string of the molecule is C=CC(=Nc1ccccc1C)NC=O. The number of nitrogens with one attached hydrogen (secondary N) is 1. The van der Waals surface area contributed by atoms with E-state index >= 15 is 0 Å². The average Bonchev–Trinajstić information content (AvgIpc) is 2.20. The van der Waals surface area contributed by atoms with Crippen molar-refractivity contribution in [2.75, 3.05) is 0 Å². The van der Waals surface area contributed by atoms with Gasteiger partial charge in [-0.15, -0.1) is 0 Å². The van der Waals surface area contributed by atoms with Gasteiger partial charge in [0, 0.05) is 0 Å². The van der Waals surface area contributed by atoms with Crippen LogP contribution in [0.4, 0.5) is 5.69 Å². The molecule has 1 aromatic carbocycles. The molecule has 0 fully saturated rings. The maximum Gasteiger partial charge on any atom is 0.212 e. The fraction of sp³-hybridized carbons (Fsp3) is 0.0909. The van der Waals surface area contributed by atoms with Gasteiger partial charge in [0.25, 0.3) is 0 Å². The van der Waals surface area contributed by atoms with E-state index in [1.54, 1.807) is 0 Å². The second-order valence-electron chi connectivity index (χ2n) is 2.75. The van der Waals surface area contributed by atoms with Crippen molar-refractivity contribution in [2.45, 2.75) is 6.92 Å². The topological polar surface area (TPSA) is 41.5 Å². The standard InChI is InChI=1S/C11H12N2O/c1-3-11(12-8-14)13-10-7-5-4-6-9(10)2/h3-8H,1H2,2H3,(H,12,13,14). The molecule has 3 heteroatoms. The third-order valence-corrected chi connectivity index (χ3v) is 1.76. The largest absolute Gasteiger partial charge is 0.313 e. The molecule has 0 radical (unpaired) electrons. The smallest absolute Gasteiger partial charge is 0.212 e. The predicted molar refractivity (Wildman–Crippen MR) is 57.7 cm³/mol. The van der Waals surface area contributed by atoms with Gasteiger partial charge in [-0.1, -0.05) is 24.8 Å². The zero-order chi connectivity index (χ0) is 10.4. The molecule has 1 amide bonds. The number of aliphatic imine (C=N–C) groups is 1. The van der Waals surface area contributed by atoms with Crippen molar-refractivity contribution in [1.29, 1.82) is 0 Å². The van der Waals surface area contributed by atoms with Gasteiger partial charge >= 0.3 is 0 Å². The van der Waals surface area contributed by atoms with Gasteiger partial charge in [-0.25, -0.2) is 4.99 Å². The van der Waals surface area contributed by atoms with Gasteiger partial charge in [0.1, 0.15) is 5.84 Å². The van der Waals surface area contributed by atoms with Crippen molar-refractivity contribution in [1.82, 2.24) is 5.32 Å². The third-order valence-electron chi connectivity index (χ3n) is 1.76.